The zero-order chi connectivity index (χ0) is 22.8. The van der Waals surface area contributed by atoms with Crippen LogP contribution in [0, 0.1) is 11.6 Å². The normalized spacial score (nSPS) is 11.7. The number of anilines is 1. The minimum Gasteiger partial charge on any atom is -0.465 e. The molecule has 1 amide bonds. The van der Waals surface area contributed by atoms with Gasteiger partial charge in [0.1, 0.15) is 18.1 Å². The van der Waals surface area contributed by atoms with Crippen LogP contribution < -0.4 is 10.1 Å². The fraction of sp³-hybridized carbons (Fsp3) is 0.300. The van der Waals surface area contributed by atoms with Crippen molar-refractivity contribution in [1.29, 1.82) is 0 Å². The van der Waals surface area contributed by atoms with Gasteiger partial charge in [-0.3, -0.25) is 5.32 Å². The first kappa shape index (κ1) is 23.0. The monoisotopic (exact) mass is 469 g/mol. The van der Waals surface area contributed by atoms with Crippen LogP contribution in [-0.2, 0) is 11.5 Å². The number of carbonyl (C=O) groups is 1. The standard InChI is InChI=1S/C20H22ClF2N3O4Si/c1-31(2,3)7-6-29-11-26-10-13(21)17-16(4-5-24-19(17)26)30-18-14(22)8-12(9-15(18)23)25-20(27)28/h4-5,8-10,25H,6-7,11H2,1-3H3,(H,27,28). The van der Waals surface area contributed by atoms with Crippen LogP contribution in [0.25, 0.3) is 11.0 Å². The molecule has 0 radical (unpaired) electrons. The van der Waals surface area contributed by atoms with E-state index >= 15 is 0 Å². The molecular weight excluding hydrogens is 448 g/mol. The fourth-order valence-corrected chi connectivity index (χ4v) is 3.88. The molecule has 0 aliphatic carbocycles. The Morgan fingerprint density at radius 2 is 1.97 bits per heavy atom. The van der Waals surface area contributed by atoms with E-state index in [1.165, 1.54) is 12.3 Å². The molecule has 2 heterocycles. The van der Waals surface area contributed by atoms with Crippen molar-refractivity contribution in [2.24, 2.45) is 0 Å². The Morgan fingerprint density at radius 1 is 1.29 bits per heavy atom. The summed E-state index contributed by atoms with van der Waals surface area (Å²) in [5.74, 6) is -2.72. The van der Waals surface area contributed by atoms with Gasteiger partial charge in [-0.15, -0.1) is 0 Å². The van der Waals surface area contributed by atoms with Gasteiger partial charge < -0.3 is 19.1 Å². The van der Waals surface area contributed by atoms with Crippen LogP contribution in [0.5, 0.6) is 11.5 Å². The predicted molar refractivity (Wildman–Crippen MR) is 117 cm³/mol. The maximum Gasteiger partial charge on any atom is 0.409 e. The Kier molecular flexibility index (Phi) is 6.82. The quantitative estimate of drug-likeness (QED) is 0.304. The second-order valence-electron chi connectivity index (χ2n) is 8.10. The summed E-state index contributed by atoms with van der Waals surface area (Å²) in [6, 6.07) is 4.09. The largest absolute Gasteiger partial charge is 0.465 e. The molecule has 0 atom stereocenters. The number of fused-ring (bicyclic) bond motifs is 1. The third-order valence-electron chi connectivity index (χ3n) is 4.36. The summed E-state index contributed by atoms with van der Waals surface area (Å²) >= 11 is 6.34. The number of benzene rings is 1. The number of nitrogens with one attached hydrogen (secondary N) is 1. The van der Waals surface area contributed by atoms with Crippen LogP contribution in [0.3, 0.4) is 0 Å². The van der Waals surface area contributed by atoms with E-state index in [9.17, 15) is 13.6 Å². The van der Waals surface area contributed by atoms with Gasteiger partial charge in [0.2, 0.25) is 0 Å². The van der Waals surface area contributed by atoms with Crippen molar-refractivity contribution in [1.82, 2.24) is 9.55 Å². The summed E-state index contributed by atoms with van der Waals surface area (Å²) < 4.78 is 41.7. The molecule has 1 aromatic carbocycles. The molecule has 0 bridgehead atoms. The van der Waals surface area contributed by atoms with Gasteiger partial charge >= 0.3 is 6.09 Å². The van der Waals surface area contributed by atoms with Gasteiger partial charge in [0, 0.05) is 39.2 Å². The Hall–Kier alpha value is -2.69. The fourth-order valence-electron chi connectivity index (χ4n) is 2.83. The summed E-state index contributed by atoms with van der Waals surface area (Å²) in [5, 5.41) is 11.3. The molecule has 2 N–H and O–H groups in total. The zero-order valence-electron chi connectivity index (χ0n) is 17.2. The van der Waals surface area contributed by atoms with Crippen molar-refractivity contribution in [3.05, 3.63) is 47.2 Å². The highest BCUT2D eigenvalue weighted by Crippen LogP contribution is 2.37. The molecule has 0 aliphatic heterocycles. The van der Waals surface area contributed by atoms with E-state index < -0.39 is 31.6 Å². The van der Waals surface area contributed by atoms with Gasteiger partial charge in [0.05, 0.1) is 16.1 Å². The smallest absolute Gasteiger partial charge is 0.409 e. The Bertz CT molecular complexity index is 1090. The van der Waals surface area contributed by atoms with Crippen molar-refractivity contribution in [2.45, 2.75) is 32.4 Å². The SMILES string of the molecule is C[Si](C)(C)CCOCn1cc(Cl)c2c(Oc3c(F)cc(NC(=O)O)cc3F)ccnc21. The van der Waals surface area contributed by atoms with Gasteiger partial charge in [-0.1, -0.05) is 31.2 Å². The molecule has 0 saturated carbocycles. The first-order valence-electron chi connectivity index (χ1n) is 9.43. The van der Waals surface area contributed by atoms with Crippen molar-refractivity contribution in [2.75, 3.05) is 11.9 Å². The van der Waals surface area contributed by atoms with Crippen molar-refractivity contribution < 1.29 is 28.2 Å². The zero-order valence-corrected chi connectivity index (χ0v) is 19.0. The lowest BCUT2D eigenvalue weighted by molar-refractivity contribution is 0.0899. The maximum atomic E-state index is 14.4. The summed E-state index contributed by atoms with van der Waals surface area (Å²) in [7, 11) is -1.22. The number of nitrogens with zero attached hydrogens (tertiary/aromatic N) is 2. The van der Waals surface area contributed by atoms with Crippen LogP contribution in [0.4, 0.5) is 19.3 Å². The molecule has 3 aromatic rings. The lowest BCUT2D eigenvalue weighted by Gasteiger charge is -2.15. The van der Waals surface area contributed by atoms with Gasteiger partial charge in [-0.2, -0.15) is 0 Å². The number of rotatable bonds is 8. The first-order valence-corrected chi connectivity index (χ1v) is 13.5. The first-order chi connectivity index (χ1) is 14.5. The molecule has 3 rings (SSSR count). The van der Waals surface area contributed by atoms with Crippen LogP contribution >= 0.6 is 11.6 Å². The molecule has 166 valence electrons. The second-order valence-corrected chi connectivity index (χ2v) is 14.1. The van der Waals surface area contributed by atoms with Crippen LogP contribution in [0.15, 0.2) is 30.6 Å². The number of hydrogen-bond donors (Lipinski definition) is 2. The number of amides is 1. The van der Waals surface area contributed by atoms with Crippen molar-refractivity contribution in [3.63, 3.8) is 0 Å². The lowest BCUT2D eigenvalue weighted by Crippen LogP contribution is -2.22. The van der Waals surface area contributed by atoms with E-state index in [-0.39, 0.29) is 23.2 Å². The van der Waals surface area contributed by atoms with Crippen LogP contribution in [0.2, 0.25) is 30.7 Å². The molecule has 0 saturated heterocycles. The van der Waals surface area contributed by atoms with Gasteiger partial charge in [0.25, 0.3) is 0 Å². The summed E-state index contributed by atoms with van der Waals surface area (Å²) in [6.07, 6.45) is 1.61. The maximum absolute atomic E-state index is 14.4. The number of ether oxygens (including phenoxy) is 2. The molecule has 2 aromatic heterocycles. The van der Waals surface area contributed by atoms with E-state index in [1.54, 1.807) is 10.8 Å². The highest BCUT2D eigenvalue weighted by Gasteiger charge is 2.19. The molecule has 0 spiro atoms. The Balaban J connectivity index is 1.86. The third kappa shape index (κ3) is 5.72. The number of halogens is 3. The lowest BCUT2D eigenvalue weighted by atomic mass is 10.2. The number of aromatic nitrogens is 2. The highest BCUT2D eigenvalue weighted by molar-refractivity contribution is 6.76. The minimum absolute atomic E-state index is 0.104. The molecule has 0 fully saturated rings. The molecule has 0 unspecified atom stereocenters. The highest BCUT2D eigenvalue weighted by atomic mass is 35.5. The average molecular weight is 470 g/mol. The van der Waals surface area contributed by atoms with E-state index in [2.05, 4.69) is 24.6 Å². The third-order valence-corrected chi connectivity index (χ3v) is 6.35. The molecule has 0 aliphatic rings. The minimum atomic E-state index is -1.44. The molecule has 31 heavy (non-hydrogen) atoms. The van der Waals surface area contributed by atoms with E-state index in [0.29, 0.717) is 17.6 Å². The Labute approximate surface area is 183 Å². The topological polar surface area (TPSA) is 85.6 Å². The molecule has 7 nitrogen and oxygen atoms in total. The predicted octanol–water partition coefficient (Wildman–Crippen LogP) is 6.16. The van der Waals surface area contributed by atoms with E-state index in [1.807, 2.05) is 5.32 Å². The van der Waals surface area contributed by atoms with Crippen LogP contribution in [-0.4, -0.2) is 35.4 Å². The van der Waals surface area contributed by atoms with Crippen LogP contribution in [0.1, 0.15) is 0 Å². The number of hydrogen-bond acceptors (Lipinski definition) is 4. The summed E-state index contributed by atoms with van der Waals surface area (Å²) in [6.45, 7) is 7.60. The summed E-state index contributed by atoms with van der Waals surface area (Å²) in [4.78, 5) is 15.0. The van der Waals surface area contributed by atoms with Gasteiger partial charge in [-0.25, -0.2) is 18.6 Å². The van der Waals surface area contributed by atoms with Crippen molar-refractivity contribution >= 4 is 42.5 Å². The second kappa shape index (κ2) is 9.21. The van der Waals surface area contributed by atoms with E-state index in [0.717, 1.165) is 18.2 Å². The molecular formula is C20H22ClF2N3O4Si. The van der Waals surface area contributed by atoms with Gasteiger partial charge in [-0.05, 0) is 12.1 Å². The average Bonchev–Trinajstić information content (AvgIpc) is 2.97. The summed E-state index contributed by atoms with van der Waals surface area (Å²) in [5.41, 5.74) is 0.190. The van der Waals surface area contributed by atoms with Crippen molar-refractivity contribution in [3.8, 4) is 11.5 Å². The van der Waals surface area contributed by atoms with E-state index in [4.69, 9.17) is 26.2 Å². The Morgan fingerprint density at radius 3 is 2.58 bits per heavy atom. The number of pyridine rings is 1. The molecule has 11 heteroatoms. The van der Waals surface area contributed by atoms with Gasteiger partial charge in [0.15, 0.2) is 17.4 Å². The number of carboxylic acid groups (broad SMARTS) is 1.